The smallest absolute Gasteiger partial charge is 0.348 e. The van der Waals surface area contributed by atoms with Crippen molar-refractivity contribution in [3.8, 4) is 17.6 Å². The summed E-state index contributed by atoms with van der Waals surface area (Å²) in [7, 11) is 0. The van der Waals surface area contributed by atoms with E-state index in [4.69, 9.17) is 10.00 Å². The number of phenolic OH excluding ortho intramolecular Hbond substituents is 2. The van der Waals surface area contributed by atoms with Crippen molar-refractivity contribution in [2.75, 3.05) is 6.61 Å². The highest BCUT2D eigenvalue weighted by Gasteiger charge is 2.19. The highest BCUT2D eigenvalue weighted by atomic mass is 16.6. The Balaban J connectivity index is 3.21. The van der Waals surface area contributed by atoms with E-state index in [0.717, 1.165) is 18.2 Å². The predicted molar refractivity (Wildman–Crippen MR) is 71.3 cm³/mol. The number of carbonyl (C=O) groups excluding carboxylic acids is 1. The van der Waals surface area contributed by atoms with Crippen LogP contribution in [0.15, 0.2) is 17.7 Å². The normalized spacial score (nSPS) is 10.8. The summed E-state index contributed by atoms with van der Waals surface area (Å²) in [4.78, 5) is 21.4. The fourth-order valence-electron chi connectivity index (χ4n) is 1.42. The topological polar surface area (TPSA) is 134 Å². The number of nitriles is 1. The van der Waals surface area contributed by atoms with Crippen molar-refractivity contribution >= 4 is 17.7 Å². The molecule has 0 heterocycles. The maximum absolute atomic E-state index is 11.5. The molecule has 8 heteroatoms. The van der Waals surface area contributed by atoms with E-state index in [-0.39, 0.29) is 17.7 Å². The van der Waals surface area contributed by atoms with Crippen molar-refractivity contribution in [3.63, 3.8) is 0 Å². The molecule has 0 amide bonds. The lowest BCUT2D eigenvalue weighted by molar-refractivity contribution is -0.386. The number of hydrogen-bond donors (Lipinski definition) is 2. The predicted octanol–water partition coefficient (Wildman–Crippen LogP) is 1.87. The van der Waals surface area contributed by atoms with E-state index >= 15 is 0 Å². The molecule has 0 radical (unpaired) electrons. The van der Waals surface area contributed by atoms with Gasteiger partial charge in [0, 0.05) is 6.07 Å². The molecule has 0 aliphatic rings. The van der Waals surface area contributed by atoms with Gasteiger partial charge in [-0.1, -0.05) is 6.92 Å². The minimum absolute atomic E-state index is 0.0157. The molecule has 2 N–H and O–H groups in total. The maximum Gasteiger partial charge on any atom is 0.348 e. The Labute approximate surface area is 119 Å². The van der Waals surface area contributed by atoms with Crippen molar-refractivity contribution in [2.24, 2.45) is 0 Å². The lowest BCUT2D eigenvalue weighted by atomic mass is 10.1. The van der Waals surface area contributed by atoms with Crippen LogP contribution < -0.4 is 0 Å². The van der Waals surface area contributed by atoms with E-state index in [9.17, 15) is 25.1 Å². The van der Waals surface area contributed by atoms with Crippen molar-refractivity contribution < 1.29 is 24.7 Å². The Kier molecular flexibility index (Phi) is 5.25. The molecule has 0 fully saturated rings. The van der Waals surface area contributed by atoms with Crippen LogP contribution in [0.3, 0.4) is 0 Å². The number of carbonyl (C=O) groups is 1. The van der Waals surface area contributed by atoms with E-state index in [1.165, 1.54) is 0 Å². The van der Waals surface area contributed by atoms with Gasteiger partial charge in [0.2, 0.25) is 5.75 Å². The van der Waals surface area contributed by atoms with Gasteiger partial charge in [-0.2, -0.15) is 5.26 Å². The van der Waals surface area contributed by atoms with Gasteiger partial charge in [-0.25, -0.2) is 4.79 Å². The van der Waals surface area contributed by atoms with Crippen LogP contribution >= 0.6 is 0 Å². The summed E-state index contributed by atoms with van der Waals surface area (Å²) in [6.45, 7) is 1.92. The summed E-state index contributed by atoms with van der Waals surface area (Å²) in [5.74, 6) is -2.48. The lowest BCUT2D eigenvalue weighted by Crippen LogP contribution is -2.07. The Bertz CT molecular complexity index is 645. The maximum atomic E-state index is 11.5. The number of hydrogen-bond acceptors (Lipinski definition) is 7. The Morgan fingerprint density at radius 1 is 1.52 bits per heavy atom. The van der Waals surface area contributed by atoms with E-state index in [1.807, 2.05) is 0 Å². The average molecular weight is 292 g/mol. The van der Waals surface area contributed by atoms with E-state index < -0.39 is 28.1 Å². The summed E-state index contributed by atoms with van der Waals surface area (Å²) < 4.78 is 4.77. The fraction of sp³-hybridized carbons (Fsp3) is 0.231. The summed E-state index contributed by atoms with van der Waals surface area (Å²) in [5.41, 5.74) is -1.09. The molecule has 0 aliphatic heterocycles. The first-order valence-electron chi connectivity index (χ1n) is 5.90. The highest BCUT2D eigenvalue weighted by molar-refractivity contribution is 5.98. The van der Waals surface area contributed by atoms with E-state index in [1.54, 1.807) is 13.0 Å². The third-order valence-electron chi connectivity index (χ3n) is 2.38. The zero-order valence-corrected chi connectivity index (χ0v) is 11.1. The third kappa shape index (κ3) is 3.94. The number of phenols is 2. The molecule has 0 atom stereocenters. The second-order valence-corrected chi connectivity index (χ2v) is 3.97. The number of nitro groups is 1. The molecule has 0 saturated carbocycles. The number of nitro benzene ring substituents is 1. The standard InChI is InChI=1S/C13H12N2O6/c1-2-3-21-13(18)9(7-14)4-8-5-10(15(19)20)12(17)11(16)6-8/h4-6,16-17H,2-3H2,1H3/b9-4+. The van der Waals surface area contributed by atoms with Crippen LogP contribution in [0.4, 0.5) is 5.69 Å². The largest absolute Gasteiger partial charge is 0.504 e. The molecule has 8 nitrogen and oxygen atoms in total. The van der Waals surface area contributed by atoms with Crippen LogP contribution in [0.5, 0.6) is 11.5 Å². The second kappa shape index (κ2) is 6.91. The summed E-state index contributed by atoms with van der Waals surface area (Å²) in [5, 5.41) is 38.4. The number of benzene rings is 1. The van der Waals surface area contributed by atoms with Crippen molar-refractivity contribution in [2.45, 2.75) is 13.3 Å². The van der Waals surface area contributed by atoms with Gasteiger partial charge < -0.3 is 14.9 Å². The molecular formula is C13H12N2O6. The van der Waals surface area contributed by atoms with Crippen LogP contribution in [0.2, 0.25) is 0 Å². The van der Waals surface area contributed by atoms with Crippen molar-refractivity contribution in [1.29, 1.82) is 5.26 Å². The quantitative estimate of drug-likeness (QED) is 0.211. The summed E-state index contributed by atoms with van der Waals surface area (Å²) in [6, 6.07) is 3.54. The number of esters is 1. The molecule has 0 aromatic heterocycles. The molecule has 21 heavy (non-hydrogen) atoms. The Morgan fingerprint density at radius 2 is 2.19 bits per heavy atom. The number of aromatic hydroxyl groups is 2. The molecule has 0 aliphatic carbocycles. The summed E-state index contributed by atoms with van der Waals surface area (Å²) in [6.07, 6.45) is 1.61. The molecule has 1 aromatic carbocycles. The molecular weight excluding hydrogens is 280 g/mol. The second-order valence-electron chi connectivity index (χ2n) is 3.97. The first-order chi connectivity index (χ1) is 9.90. The number of rotatable bonds is 5. The van der Waals surface area contributed by atoms with Gasteiger partial charge in [-0.05, 0) is 24.1 Å². The fourth-order valence-corrected chi connectivity index (χ4v) is 1.42. The number of nitrogens with zero attached hydrogens (tertiary/aromatic N) is 2. The number of ether oxygens (including phenoxy) is 1. The Morgan fingerprint density at radius 3 is 2.71 bits per heavy atom. The molecule has 0 saturated heterocycles. The van der Waals surface area contributed by atoms with Crippen LogP contribution in [0.1, 0.15) is 18.9 Å². The molecule has 110 valence electrons. The lowest BCUT2D eigenvalue weighted by Gasteiger charge is -2.03. The van der Waals surface area contributed by atoms with Crippen molar-refractivity contribution in [3.05, 3.63) is 33.4 Å². The molecule has 1 rings (SSSR count). The van der Waals surface area contributed by atoms with Crippen LogP contribution in [-0.4, -0.2) is 27.7 Å². The Hall–Kier alpha value is -3.08. The minimum Gasteiger partial charge on any atom is -0.504 e. The van der Waals surface area contributed by atoms with Gasteiger partial charge in [-0.3, -0.25) is 10.1 Å². The van der Waals surface area contributed by atoms with Crippen LogP contribution in [-0.2, 0) is 9.53 Å². The molecule has 1 aromatic rings. The van der Waals surface area contributed by atoms with Gasteiger partial charge >= 0.3 is 11.7 Å². The first kappa shape index (κ1) is 16.0. The van der Waals surface area contributed by atoms with Gasteiger partial charge in [0.25, 0.3) is 0 Å². The minimum atomic E-state index is -0.895. The van der Waals surface area contributed by atoms with Gasteiger partial charge in [0.15, 0.2) is 5.75 Å². The molecule has 0 bridgehead atoms. The van der Waals surface area contributed by atoms with Gasteiger partial charge in [-0.15, -0.1) is 0 Å². The van der Waals surface area contributed by atoms with Crippen LogP contribution in [0.25, 0.3) is 6.08 Å². The zero-order chi connectivity index (χ0) is 16.0. The van der Waals surface area contributed by atoms with Gasteiger partial charge in [0.1, 0.15) is 11.6 Å². The molecule has 0 unspecified atom stereocenters. The van der Waals surface area contributed by atoms with Crippen molar-refractivity contribution in [1.82, 2.24) is 0 Å². The zero-order valence-electron chi connectivity index (χ0n) is 11.1. The first-order valence-corrected chi connectivity index (χ1v) is 5.90. The SMILES string of the molecule is CCCOC(=O)/C(C#N)=C/c1cc(O)c(O)c([N+](=O)[O-])c1. The van der Waals surface area contributed by atoms with E-state index in [0.29, 0.717) is 6.42 Å². The van der Waals surface area contributed by atoms with E-state index in [2.05, 4.69) is 0 Å². The average Bonchev–Trinajstić information content (AvgIpc) is 2.45. The molecule has 0 spiro atoms. The van der Waals surface area contributed by atoms with Crippen LogP contribution in [0, 0.1) is 21.4 Å². The monoisotopic (exact) mass is 292 g/mol. The van der Waals surface area contributed by atoms with Gasteiger partial charge in [0.05, 0.1) is 11.5 Å². The summed E-state index contributed by atoms with van der Waals surface area (Å²) >= 11 is 0. The highest BCUT2D eigenvalue weighted by Crippen LogP contribution is 2.36. The third-order valence-corrected chi connectivity index (χ3v) is 2.38.